The maximum atomic E-state index is 14.6. The summed E-state index contributed by atoms with van der Waals surface area (Å²) in [6.45, 7) is 2.82. The van der Waals surface area contributed by atoms with Crippen molar-refractivity contribution in [3.63, 3.8) is 0 Å². The smallest absolute Gasteiger partial charge is 0.227 e. The number of nitrogens with one attached hydrogen (secondary N) is 1. The fraction of sp³-hybridized carbons (Fsp3) is 0.263. The molecule has 1 N–H and O–H groups in total. The highest BCUT2D eigenvalue weighted by Gasteiger charge is 2.15. The lowest BCUT2D eigenvalue weighted by atomic mass is 10.2. The summed E-state index contributed by atoms with van der Waals surface area (Å²) in [5.74, 6) is -0.0740. The van der Waals surface area contributed by atoms with Crippen LogP contribution in [0.25, 0.3) is 11.3 Å². The predicted octanol–water partition coefficient (Wildman–Crippen LogP) is 3.85. The lowest BCUT2D eigenvalue weighted by Gasteiger charge is -2.29. The minimum Gasteiger partial charge on any atom is -0.378 e. The Hall–Kier alpha value is -2.64. The average molecular weight is 388 g/mol. The van der Waals surface area contributed by atoms with E-state index >= 15 is 0 Å². The molecule has 0 atom stereocenters. The second-order valence-electron chi connectivity index (χ2n) is 6.34. The van der Waals surface area contributed by atoms with Crippen molar-refractivity contribution in [1.82, 2.24) is 14.5 Å². The number of rotatable bonds is 4. The Morgan fingerprint density at radius 1 is 1.22 bits per heavy atom. The molecule has 6 nitrogen and oxygen atoms in total. The van der Waals surface area contributed by atoms with Crippen LogP contribution in [0.15, 0.2) is 42.9 Å². The molecule has 0 amide bonds. The van der Waals surface area contributed by atoms with Gasteiger partial charge in [0.1, 0.15) is 5.82 Å². The maximum absolute atomic E-state index is 14.6. The summed E-state index contributed by atoms with van der Waals surface area (Å²) in [5, 5.41) is 3.38. The van der Waals surface area contributed by atoms with Gasteiger partial charge in [0.2, 0.25) is 5.95 Å². The first-order chi connectivity index (χ1) is 13.1. The van der Waals surface area contributed by atoms with E-state index in [4.69, 9.17) is 16.3 Å². The first-order valence-electron chi connectivity index (χ1n) is 8.64. The standard InChI is InChI=1S/C19H19ClFN5O/c1-25-5-4-13(12-25)18-15(20)11-22-19(24-18)23-17-3-2-14(10-16(17)21)26-6-8-27-9-7-26/h2-5,10-12H,6-9H2,1H3,(H,22,23,24). The number of hydrogen-bond acceptors (Lipinski definition) is 5. The lowest BCUT2D eigenvalue weighted by Crippen LogP contribution is -2.36. The number of ether oxygens (including phenoxy) is 1. The molecule has 0 spiro atoms. The highest BCUT2D eigenvalue weighted by atomic mass is 35.5. The molecule has 0 aliphatic carbocycles. The summed E-state index contributed by atoms with van der Waals surface area (Å²) in [6, 6.07) is 7.00. The van der Waals surface area contributed by atoms with Crippen LogP contribution in [0.2, 0.25) is 5.02 Å². The molecule has 8 heteroatoms. The van der Waals surface area contributed by atoms with Gasteiger partial charge >= 0.3 is 0 Å². The summed E-state index contributed by atoms with van der Waals surface area (Å²) >= 11 is 6.23. The summed E-state index contributed by atoms with van der Waals surface area (Å²) < 4.78 is 21.8. The fourth-order valence-electron chi connectivity index (χ4n) is 3.02. The quantitative estimate of drug-likeness (QED) is 0.736. The van der Waals surface area contributed by atoms with Gasteiger partial charge in [-0.2, -0.15) is 0 Å². The van der Waals surface area contributed by atoms with Gasteiger partial charge in [-0.1, -0.05) is 11.6 Å². The fourth-order valence-corrected chi connectivity index (χ4v) is 3.22. The van der Waals surface area contributed by atoms with Crippen LogP contribution in [0.5, 0.6) is 0 Å². The monoisotopic (exact) mass is 387 g/mol. The maximum Gasteiger partial charge on any atom is 0.227 e. The highest BCUT2D eigenvalue weighted by Crippen LogP contribution is 2.28. The second kappa shape index (κ2) is 7.54. The van der Waals surface area contributed by atoms with Crippen molar-refractivity contribution in [3.8, 4) is 11.3 Å². The van der Waals surface area contributed by atoms with E-state index < -0.39 is 0 Å². The van der Waals surface area contributed by atoms with Crippen molar-refractivity contribution in [2.24, 2.45) is 7.05 Å². The Balaban J connectivity index is 1.57. The van der Waals surface area contributed by atoms with E-state index in [1.54, 1.807) is 6.07 Å². The zero-order valence-electron chi connectivity index (χ0n) is 14.8. The third kappa shape index (κ3) is 3.89. The molecule has 0 bridgehead atoms. The summed E-state index contributed by atoms with van der Waals surface area (Å²) in [5.41, 5.74) is 2.62. The van der Waals surface area contributed by atoms with Gasteiger partial charge < -0.3 is 19.5 Å². The molecule has 1 saturated heterocycles. The van der Waals surface area contributed by atoms with Crippen LogP contribution < -0.4 is 10.2 Å². The molecular weight excluding hydrogens is 369 g/mol. The molecule has 3 heterocycles. The van der Waals surface area contributed by atoms with Gasteiger partial charge in [-0.15, -0.1) is 0 Å². The molecule has 3 aromatic rings. The van der Waals surface area contributed by atoms with Crippen LogP contribution in [0, 0.1) is 5.82 Å². The molecule has 1 aliphatic heterocycles. The van der Waals surface area contributed by atoms with Crippen molar-refractivity contribution in [2.45, 2.75) is 0 Å². The predicted molar refractivity (Wildman–Crippen MR) is 104 cm³/mol. The SMILES string of the molecule is Cn1ccc(-c2nc(Nc3ccc(N4CCOCC4)cc3F)ncc2Cl)c1. The van der Waals surface area contributed by atoms with Crippen molar-refractivity contribution in [3.05, 3.63) is 53.7 Å². The van der Waals surface area contributed by atoms with Crippen LogP contribution in [0.1, 0.15) is 0 Å². The van der Waals surface area contributed by atoms with Crippen LogP contribution in [0.3, 0.4) is 0 Å². The zero-order chi connectivity index (χ0) is 18.8. The van der Waals surface area contributed by atoms with Gasteiger partial charge in [0.15, 0.2) is 0 Å². The van der Waals surface area contributed by atoms with Gasteiger partial charge in [0, 0.05) is 43.8 Å². The largest absolute Gasteiger partial charge is 0.378 e. The number of aromatic nitrogens is 3. The van der Waals surface area contributed by atoms with E-state index in [1.165, 1.54) is 12.3 Å². The number of morpholine rings is 1. The molecule has 27 heavy (non-hydrogen) atoms. The Morgan fingerprint density at radius 2 is 2.04 bits per heavy atom. The van der Waals surface area contributed by atoms with E-state index in [-0.39, 0.29) is 11.8 Å². The second-order valence-corrected chi connectivity index (χ2v) is 6.75. The van der Waals surface area contributed by atoms with E-state index in [1.807, 2.05) is 36.1 Å². The molecule has 1 aromatic carbocycles. The third-order valence-corrected chi connectivity index (χ3v) is 4.70. The van der Waals surface area contributed by atoms with E-state index in [0.717, 1.165) is 24.3 Å². The number of anilines is 3. The Morgan fingerprint density at radius 3 is 2.74 bits per heavy atom. The van der Waals surface area contributed by atoms with Gasteiger partial charge in [0.05, 0.1) is 35.8 Å². The van der Waals surface area contributed by atoms with Gasteiger partial charge in [-0.05, 0) is 24.3 Å². The van der Waals surface area contributed by atoms with Crippen molar-refractivity contribution < 1.29 is 9.13 Å². The lowest BCUT2D eigenvalue weighted by molar-refractivity contribution is 0.122. The number of nitrogens with zero attached hydrogens (tertiary/aromatic N) is 4. The molecule has 1 aliphatic rings. The topological polar surface area (TPSA) is 55.2 Å². The van der Waals surface area contributed by atoms with E-state index in [0.29, 0.717) is 29.6 Å². The van der Waals surface area contributed by atoms with Crippen LogP contribution in [-0.2, 0) is 11.8 Å². The Labute approximate surface area is 161 Å². The third-order valence-electron chi connectivity index (χ3n) is 4.42. The van der Waals surface area contributed by atoms with Crippen LogP contribution in [-0.4, -0.2) is 40.8 Å². The zero-order valence-corrected chi connectivity index (χ0v) is 15.6. The van der Waals surface area contributed by atoms with E-state index in [2.05, 4.69) is 20.2 Å². The highest BCUT2D eigenvalue weighted by molar-refractivity contribution is 6.32. The number of aryl methyl sites for hydroxylation is 1. The first kappa shape index (κ1) is 17.8. The summed E-state index contributed by atoms with van der Waals surface area (Å²) in [7, 11) is 1.92. The number of hydrogen-bond donors (Lipinski definition) is 1. The van der Waals surface area contributed by atoms with Crippen molar-refractivity contribution in [2.75, 3.05) is 36.5 Å². The molecule has 140 valence electrons. The molecule has 0 unspecified atom stereocenters. The van der Waals surface area contributed by atoms with Crippen molar-refractivity contribution >= 4 is 28.9 Å². The minimum atomic E-state index is -0.362. The van der Waals surface area contributed by atoms with Gasteiger partial charge in [-0.25, -0.2) is 14.4 Å². The van der Waals surface area contributed by atoms with Crippen LogP contribution >= 0.6 is 11.6 Å². The Kier molecular flexibility index (Phi) is 4.96. The van der Waals surface area contributed by atoms with Gasteiger partial charge in [0.25, 0.3) is 0 Å². The average Bonchev–Trinajstić information content (AvgIpc) is 3.11. The van der Waals surface area contributed by atoms with E-state index in [9.17, 15) is 4.39 Å². The number of benzene rings is 1. The first-order valence-corrected chi connectivity index (χ1v) is 9.02. The molecule has 0 saturated carbocycles. The van der Waals surface area contributed by atoms with Crippen molar-refractivity contribution in [1.29, 1.82) is 0 Å². The van der Waals surface area contributed by atoms with Crippen LogP contribution in [0.4, 0.5) is 21.7 Å². The molecule has 0 radical (unpaired) electrons. The van der Waals surface area contributed by atoms with Gasteiger partial charge in [-0.3, -0.25) is 0 Å². The molecule has 2 aromatic heterocycles. The molecular formula is C19H19ClFN5O. The summed E-state index contributed by atoms with van der Waals surface area (Å²) in [6.07, 6.45) is 5.33. The normalized spacial score (nSPS) is 14.4. The number of halogens is 2. The summed E-state index contributed by atoms with van der Waals surface area (Å²) in [4.78, 5) is 10.7. The molecule has 1 fully saturated rings. The molecule has 4 rings (SSSR count). The Bertz CT molecular complexity index is 955. The minimum absolute atomic E-state index is 0.288.